The highest BCUT2D eigenvalue weighted by Gasteiger charge is 2.14. The van der Waals surface area contributed by atoms with Gasteiger partial charge in [-0.3, -0.25) is 4.48 Å². The molecule has 2 aromatic carbocycles. The summed E-state index contributed by atoms with van der Waals surface area (Å²) in [5.41, 5.74) is 2.54. The van der Waals surface area contributed by atoms with Gasteiger partial charge in [-0.15, -0.1) is 0 Å². The van der Waals surface area contributed by atoms with Crippen molar-refractivity contribution in [3.63, 3.8) is 0 Å². The van der Waals surface area contributed by atoms with Gasteiger partial charge in [-0.2, -0.15) is 0 Å². The number of pyridine rings is 1. The summed E-state index contributed by atoms with van der Waals surface area (Å²) < 4.78 is 2.20. The van der Waals surface area contributed by atoms with Gasteiger partial charge in [-0.25, -0.2) is 0 Å². The molecule has 2 heteroatoms. The standard InChI is InChI=1S/C19H20BN/c1-14(2)11-12-15-7-6-8-16-13-21(20-3)18-10-5-4-9-17(18)19(15)16/h4-14H,1-3H3/q+1/b12-11+. The fourth-order valence-electron chi connectivity index (χ4n) is 2.79. The van der Waals surface area contributed by atoms with Crippen molar-refractivity contribution in [3.8, 4) is 0 Å². The van der Waals surface area contributed by atoms with E-state index in [-0.39, 0.29) is 0 Å². The van der Waals surface area contributed by atoms with Gasteiger partial charge in [0.25, 0.3) is 0 Å². The summed E-state index contributed by atoms with van der Waals surface area (Å²) >= 11 is 0. The molecule has 1 radical (unpaired) electrons. The third-order valence-electron chi connectivity index (χ3n) is 3.80. The molecule has 0 unspecified atom stereocenters. The lowest BCUT2D eigenvalue weighted by molar-refractivity contribution is -0.496. The molecule has 21 heavy (non-hydrogen) atoms. The van der Waals surface area contributed by atoms with Crippen LogP contribution in [0.15, 0.2) is 54.7 Å². The van der Waals surface area contributed by atoms with Gasteiger partial charge in [0.2, 0.25) is 0 Å². The van der Waals surface area contributed by atoms with Gasteiger partial charge >= 0.3 is 7.41 Å². The normalized spacial score (nSPS) is 11.8. The van der Waals surface area contributed by atoms with Crippen molar-refractivity contribution >= 4 is 35.2 Å². The molecular weight excluding hydrogens is 253 g/mol. The van der Waals surface area contributed by atoms with Crippen molar-refractivity contribution in [1.29, 1.82) is 0 Å². The van der Waals surface area contributed by atoms with E-state index in [0.29, 0.717) is 5.92 Å². The van der Waals surface area contributed by atoms with Gasteiger partial charge in [0.15, 0.2) is 11.7 Å². The van der Waals surface area contributed by atoms with E-state index in [1.807, 2.05) is 0 Å². The fourth-order valence-corrected chi connectivity index (χ4v) is 2.79. The van der Waals surface area contributed by atoms with Gasteiger partial charge in [0.1, 0.15) is 0 Å². The van der Waals surface area contributed by atoms with Crippen LogP contribution in [0.3, 0.4) is 0 Å². The van der Waals surface area contributed by atoms with Gasteiger partial charge < -0.3 is 0 Å². The zero-order chi connectivity index (χ0) is 14.8. The highest BCUT2D eigenvalue weighted by Crippen LogP contribution is 2.27. The van der Waals surface area contributed by atoms with E-state index >= 15 is 0 Å². The number of hydrogen-bond acceptors (Lipinski definition) is 0. The molecule has 1 aromatic heterocycles. The number of hydrogen-bond donors (Lipinski definition) is 0. The van der Waals surface area contributed by atoms with Crippen molar-refractivity contribution in [1.82, 2.24) is 0 Å². The van der Waals surface area contributed by atoms with E-state index in [2.05, 4.69) is 93.4 Å². The molecule has 0 aliphatic rings. The van der Waals surface area contributed by atoms with Crippen LogP contribution in [-0.2, 0) is 0 Å². The molecule has 1 heterocycles. The number of benzene rings is 2. The fraction of sp³-hybridized carbons (Fsp3) is 0.211. The van der Waals surface area contributed by atoms with Crippen LogP contribution in [0.1, 0.15) is 19.4 Å². The average molecular weight is 273 g/mol. The zero-order valence-corrected chi connectivity index (χ0v) is 12.9. The molecule has 0 bridgehead atoms. The minimum absolute atomic E-state index is 0.559. The first-order valence-electron chi connectivity index (χ1n) is 7.54. The SMILES string of the molecule is C[B][n+]1cc2cccc(/C=C/C(C)C)c2c2ccccc21. The summed E-state index contributed by atoms with van der Waals surface area (Å²) in [5.74, 6) is 0.559. The first-order valence-corrected chi connectivity index (χ1v) is 7.54. The first-order chi connectivity index (χ1) is 10.2. The molecule has 0 spiro atoms. The zero-order valence-electron chi connectivity index (χ0n) is 12.9. The highest BCUT2D eigenvalue weighted by molar-refractivity contribution is 6.24. The number of fused-ring (bicyclic) bond motifs is 3. The van der Waals surface area contributed by atoms with E-state index in [4.69, 9.17) is 0 Å². The second kappa shape index (κ2) is 5.73. The Labute approximate surface area is 127 Å². The quantitative estimate of drug-likeness (QED) is 0.490. The highest BCUT2D eigenvalue weighted by atomic mass is 14.8. The molecule has 0 N–H and O–H groups in total. The van der Waals surface area contributed by atoms with Crippen LogP contribution < -0.4 is 4.48 Å². The summed E-state index contributed by atoms with van der Waals surface area (Å²) in [6.45, 7) is 6.49. The Bertz CT molecular complexity index is 818. The molecule has 0 saturated heterocycles. The van der Waals surface area contributed by atoms with Crippen molar-refractivity contribution in [2.45, 2.75) is 20.7 Å². The molecule has 0 atom stereocenters. The minimum Gasteiger partial charge on any atom is -0.284 e. The Balaban J connectivity index is 2.39. The smallest absolute Gasteiger partial charge is 0.284 e. The summed E-state index contributed by atoms with van der Waals surface area (Å²) in [6.07, 6.45) is 6.72. The van der Waals surface area contributed by atoms with E-state index in [1.54, 1.807) is 0 Å². The third-order valence-corrected chi connectivity index (χ3v) is 3.80. The first kappa shape index (κ1) is 13.9. The van der Waals surface area contributed by atoms with E-state index < -0.39 is 0 Å². The van der Waals surface area contributed by atoms with Gasteiger partial charge in [-0.05, 0) is 30.4 Å². The molecule has 3 rings (SSSR count). The van der Waals surface area contributed by atoms with Crippen LogP contribution in [0.5, 0.6) is 0 Å². The van der Waals surface area contributed by atoms with Crippen molar-refractivity contribution in [2.24, 2.45) is 5.92 Å². The lowest BCUT2D eigenvalue weighted by Crippen LogP contribution is -2.38. The maximum atomic E-state index is 2.26. The van der Waals surface area contributed by atoms with Crippen LogP contribution in [-0.4, -0.2) is 7.41 Å². The van der Waals surface area contributed by atoms with Gasteiger partial charge in [0.05, 0.1) is 5.39 Å². The molecule has 0 aliphatic heterocycles. The molecule has 1 nitrogen and oxygen atoms in total. The molecule has 0 saturated carbocycles. The molecule has 0 amide bonds. The molecule has 0 fully saturated rings. The summed E-state index contributed by atoms with van der Waals surface area (Å²) in [5, 5.41) is 3.91. The summed E-state index contributed by atoms with van der Waals surface area (Å²) in [4.78, 5) is 0. The van der Waals surface area contributed by atoms with Crippen molar-refractivity contribution < 1.29 is 4.48 Å². The van der Waals surface area contributed by atoms with Crippen LogP contribution in [0.2, 0.25) is 6.82 Å². The van der Waals surface area contributed by atoms with Crippen molar-refractivity contribution in [3.05, 3.63) is 60.3 Å². The summed E-state index contributed by atoms with van der Waals surface area (Å²) in [7, 11) is 2.11. The number of rotatable bonds is 3. The monoisotopic (exact) mass is 273 g/mol. The second-order valence-electron chi connectivity index (χ2n) is 5.73. The predicted molar refractivity (Wildman–Crippen MR) is 92.5 cm³/mol. The van der Waals surface area contributed by atoms with Crippen molar-refractivity contribution in [2.75, 3.05) is 0 Å². The summed E-state index contributed by atoms with van der Waals surface area (Å²) in [6, 6.07) is 15.1. The van der Waals surface area contributed by atoms with E-state index in [0.717, 1.165) is 0 Å². The van der Waals surface area contributed by atoms with Crippen LogP contribution >= 0.6 is 0 Å². The van der Waals surface area contributed by atoms with Gasteiger partial charge in [-0.1, -0.05) is 50.3 Å². The maximum Gasteiger partial charge on any atom is 0.536 e. The Morgan fingerprint density at radius 2 is 1.86 bits per heavy atom. The average Bonchev–Trinajstić information content (AvgIpc) is 2.51. The molecule has 103 valence electrons. The van der Waals surface area contributed by atoms with Crippen LogP contribution in [0.25, 0.3) is 27.8 Å². The Hall–Kier alpha value is -2.09. The molecule has 3 aromatic rings. The Morgan fingerprint density at radius 3 is 2.62 bits per heavy atom. The lowest BCUT2D eigenvalue weighted by Gasteiger charge is -2.07. The number of allylic oxidation sites excluding steroid dienone is 1. The molecule has 0 aliphatic carbocycles. The lowest BCUT2D eigenvalue weighted by atomic mass is 9.94. The number of aromatic nitrogens is 1. The second-order valence-corrected chi connectivity index (χ2v) is 5.73. The Morgan fingerprint density at radius 1 is 1.05 bits per heavy atom. The largest absolute Gasteiger partial charge is 0.536 e. The van der Waals surface area contributed by atoms with Crippen LogP contribution in [0.4, 0.5) is 0 Å². The minimum atomic E-state index is 0.559. The topological polar surface area (TPSA) is 3.88 Å². The van der Waals surface area contributed by atoms with E-state index in [9.17, 15) is 0 Å². The predicted octanol–water partition coefficient (Wildman–Crippen LogP) is 4.47. The number of para-hydroxylation sites is 1. The Kier molecular flexibility index (Phi) is 3.79. The van der Waals surface area contributed by atoms with Gasteiger partial charge in [0, 0.05) is 16.8 Å². The third kappa shape index (κ3) is 2.58. The van der Waals surface area contributed by atoms with Crippen LogP contribution in [0, 0.1) is 5.92 Å². The maximum absolute atomic E-state index is 2.26. The van der Waals surface area contributed by atoms with E-state index in [1.165, 1.54) is 27.2 Å². The molecular formula is C19H20BN+. The number of nitrogens with zero attached hydrogens (tertiary/aromatic N) is 1.